The number of rotatable bonds is 6. The molecule has 1 atom stereocenters. The topological polar surface area (TPSA) is 24.9 Å². The van der Waals surface area contributed by atoms with Gasteiger partial charge in [0, 0.05) is 5.38 Å². The number of benzene rings is 1. The van der Waals surface area contributed by atoms with Crippen molar-refractivity contribution in [1.29, 1.82) is 0 Å². The molecule has 1 unspecified atom stereocenters. The largest absolute Gasteiger partial charge is 0.308 e. The molecule has 2 rings (SSSR count). The predicted octanol–water partition coefficient (Wildman–Crippen LogP) is 4.22. The van der Waals surface area contributed by atoms with Gasteiger partial charge in [0.1, 0.15) is 5.82 Å². The van der Waals surface area contributed by atoms with Crippen molar-refractivity contribution in [3.05, 3.63) is 51.2 Å². The summed E-state index contributed by atoms with van der Waals surface area (Å²) in [7, 11) is 0. The third kappa shape index (κ3) is 3.75. The van der Waals surface area contributed by atoms with Crippen molar-refractivity contribution < 1.29 is 4.39 Å². The highest BCUT2D eigenvalue weighted by Gasteiger charge is 2.16. The summed E-state index contributed by atoms with van der Waals surface area (Å²) in [6.07, 6.45) is 1.58. The Labute approximate surface area is 121 Å². The first kappa shape index (κ1) is 14.4. The zero-order valence-corrected chi connectivity index (χ0v) is 12.3. The molecule has 0 radical (unpaired) electrons. The molecule has 1 N–H and O–H groups in total. The number of hydrogen-bond donors (Lipinski definition) is 1. The summed E-state index contributed by atoms with van der Waals surface area (Å²) in [4.78, 5) is 4.32. The molecule has 0 aliphatic carbocycles. The van der Waals surface area contributed by atoms with E-state index >= 15 is 0 Å². The summed E-state index contributed by atoms with van der Waals surface area (Å²) in [6, 6.07) is 5.14. The Morgan fingerprint density at radius 1 is 1.47 bits per heavy atom. The minimum absolute atomic E-state index is 0.0270. The first-order valence-corrected chi connectivity index (χ1v) is 7.58. The second-order valence-electron chi connectivity index (χ2n) is 4.34. The molecular weight excluding hydrogens is 283 g/mol. The Morgan fingerprint density at radius 3 is 3.00 bits per heavy atom. The molecule has 1 aromatic heterocycles. The van der Waals surface area contributed by atoms with E-state index in [1.807, 2.05) is 5.38 Å². The van der Waals surface area contributed by atoms with Gasteiger partial charge in [0.2, 0.25) is 0 Å². The summed E-state index contributed by atoms with van der Waals surface area (Å²) < 4.78 is 13.9. The maximum absolute atomic E-state index is 13.9. The lowest BCUT2D eigenvalue weighted by Crippen LogP contribution is -2.24. The molecule has 0 spiro atoms. The fourth-order valence-electron chi connectivity index (χ4n) is 1.92. The molecule has 1 heterocycles. The molecule has 1 aromatic carbocycles. The van der Waals surface area contributed by atoms with E-state index in [0.29, 0.717) is 12.0 Å². The maximum Gasteiger partial charge on any atom is 0.145 e. The van der Waals surface area contributed by atoms with Crippen molar-refractivity contribution in [2.24, 2.45) is 0 Å². The van der Waals surface area contributed by atoms with Gasteiger partial charge in [0.05, 0.1) is 22.3 Å². The lowest BCUT2D eigenvalue weighted by atomic mass is 10.0. The zero-order valence-electron chi connectivity index (χ0n) is 10.7. The third-order valence-electron chi connectivity index (χ3n) is 2.90. The number of thiazole rings is 1. The number of hydrogen-bond acceptors (Lipinski definition) is 3. The highest BCUT2D eigenvalue weighted by molar-refractivity contribution is 7.07. The van der Waals surface area contributed by atoms with E-state index in [0.717, 1.165) is 18.7 Å². The summed E-state index contributed by atoms with van der Waals surface area (Å²) >= 11 is 7.37. The molecule has 0 amide bonds. The van der Waals surface area contributed by atoms with E-state index in [1.165, 1.54) is 0 Å². The highest BCUT2D eigenvalue weighted by atomic mass is 35.5. The smallest absolute Gasteiger partial charge is 0.145 e. The van der Waals surface area contributed by atoms with Crippen LogP contribution in [0.15, 0.2) is 29.1 Å². The standard InChI is InChI=1S/C14H16ClFN2S/c1-2-6-17-12(13-8-19-9-18-13)7-10-4-3-5-11(15)14(10)16/h3-5,8-9,12,17H,2,6-7H2,1H3. The van der Waals surface area contributed by atoms with Gasteiger partial charge >= 0.3 is 0 Å². The van der Waals surface area contributed by atoms with Gasteiger partial charge in [-0.15, -0.1) is 11.3 Å². The minimum atomic E-state index is -0.331. The second kappa shape index (κ2) is 6.98. The molecule has 2 aromatic rings. The van der Waals surface area contributed by atoms with Crippen LogP contribution < -0.4 is 5.32 Å². The van der Waals surface area contributed by atoms with E-state index in [4.69, 9.17) is 11.6 Å². The Hall–Kier alpha value is -0.970. The van der Waals surface area contributed by atoms with Crippen LogP contribution in [0.1, 0.15) is 30.6 Å². The Kier molecular flexibility index (Phi) is 5.31. The first-order valence-electron chi connectivity index (χ1n) is 6.26. The average Bonchev–Trinajstić information content (AvgIpc) is 2.93. The molecule has 0 saturated carbocycles. The van der Waals surface area contributed by atoms with E-state index in [-0.39, 0.29) is 16.9 Å². The normalized spacial score (nSPS) is 12.6. The lowest BCUT2D eigenvalue weighted by Gasteiger charge is -2.17. The van der Waals surface area contributed by atoms with Gasteiger partial charge in [-0.2, -0.15) is 0 Å². The molecule has 0 bridgehead atoms. The monoisotopic (exact) mass is 298 g/mol. The average molecular weight is 299 g/mol. The molecule has 0 saturated heterocycles. The third-order valence-corrected chi connectivity index (χ3v) is 3.80. The van der Waals surface area contributed by atoms with Crippen LogP contribution in [0.4, 0.5) is 4.39 Å². The van der Waals surface area contributed by atoms with Crippen LogP contribution in [0.3, 0.4) is 0 Å². The highest BCUT2D eigenvalue weighted by Crippen LogP contribution is 2.24. The number of aromatic nitrogens is 1. The van der Waals surface area contributed by atoms with Gasteiger partial charge < -0.3 is 5.32 Å². The minimum Gasteiger partial charge on any atom is -0.308 e. The van der Waals surface area contributed by atoms with Crippen molar-refractivity contribution in [1.82, 2.24) is 10.3 Å². The van der Waals surface area contributed by atoms with Crippen LogP contribution in [0, 0.1) is 5.82 Å². The van der Waals surface area contributed by atoms with E-state index in [1.54, 1.807) is 35.0 Å². The Bertz CT molecular complexity index is 516. The second-order valence-corrected chi connectivity index (χ2v) is 5.46. The summed E-state index contributed by atoms with van der Waals surface area (Å²) in [5, 5.41) is 5.57. The fourth-order valence-corrected chi connectivity index (χ4v) is 2.72. The van der Waals surface area contributed by atoms with E-state index < -0.39 is 0 Å². The molecule has 0 aliphatic rings. The van der Waals surface area contributed by atoms with Crippen LogP contribution in [-0.4, -0.2) is 11.5 Å². The number of halogens is 2. The number of nitrogens with one attached hydrogen (secondary N) is 1. The molecule has 102 valence electrons. The quantitative estimate of drug-likeness (QED) is 0.864. The molecule has 0 aliphatic heterocycles. The van der Waals surface area contributed by atoms with Crippen LogP contribution in [0.2, 0.25) is 5.02 Å². The Morgan fingerprint density at radius 2 is 2.32 bits per heavy atom. The van der Waals surface area contributed by atoms with E-state index in [9.17, 15) is 4.39 Å². The molecule has 5 heteroatoms. The molecule has 0 fully saturated rings. The summed E-state index contributed by atoms with van der Waals surface area (Å²) in [5.74, 6) is -0.331. The van der Waals surface area contributed by atoms with Gasteiger partial charge in [-0.1, -0.05) is 30.7 Å². The van der Waals surface area contributed by atoms with Crippen molar-refractivity contribution in [2.75, 3.05) is 6.54 Å². The van der Waals surface area contributed by atoms with E-state index in [2.05, 4.69) is 17.2 Å². The van der Waals surface area contributed by atoms with Crippen LogP contribution in [-0.2, 0) is 6.42 Å². The van der Waals surface area contributed by atoms with Crippen molar-refractivity contribution in [3.63, 3.8) is 0 Å². The fraction of sp³-hybridized carbons (Fsp3) is 0.357. The van der Waals surface area contributed by atoms with Crippen molar-refractivity contribution >= 4 is 22.9 Å². The summed E-state index contributed by atoms with van der Waals surface area (Å²) in [5.41, 5.74) is 3.37. The summed E-state index contributed by atoms with van der Waals surface area (Å²) in [6.45, 7) is 2.98. The molecule has 2 nitrogen and oxygen atoms in total. The lowest BCUT2D eigenvalue weighted by molar-refractivity contribution is 0.505. The van der Waals surface area contributed by atoms with Crippen LogP contribution in [0.5, 0.6) is 0 Å². The Balaban J connectivity index is 2.18. The number of nitrogens with zero attached hydrogens (tertiary/aromatic N) is 1. The SMILES string of the molecule is CCCNC(Cc1cccc(Cl)c1F)c1cscn1. The maximum atomic E-state index is 13.9. The van der Waals surface area contributed by atoms with Gasteiger partial charge in [-0.25, -0.2) is 9.37 Å². The molecule has 19 heavy (non-hydrogen) atoms. The zero-order chi connectivity index (χ0) is 13.7. The van der Waals surface area contributed by atoms with Gasteiger partial charge in [-0.05, 0) is 31.0 Å². The van der Waals surface area contributed by atoms with Crippen molar-refractivity contribution in [2.45, 2.75) is 25.8 Å². The predicted molar refractivity (Wildman–Crippen MR) is 78.3 cm³/mol. The van der Waals surface area contributed by atoms with Gasteiger partial charge in [0.15, 0.2) is 0 Å². The first-order chi connectivity index (χ1) is 9.22. The van der Waals surface area contributed by atoms with Crippen molar-refractivity contribution in [3.8, 4) is 0 Å². The van der Waals surface area contributed by atoms with Crippen LogP contribution >= 0.6 is 22.9 Å². The van der Waals surface area contributed by atoms with Crippen LogP contribution in [0.25, 0.3) is 0 Å². The molecular formula is C14H16ClFN2S. The van der Waals surface area contributed by atoms with Gasteiger partial charge in [0.25, 0.3) is 0 Å². The van der Waals surface area contributed by atoms with Gasteiger partial charge in [-0.3, -0.25) is 0 Å².